The van der Waals surface area contributed by atoms with E-state index >= 15 is 0 Å². The van der Waals surface area contributed by atoms with Crippen molar-refractivity contribution >= 4 is 46.7 Å². The highest BCUT2D eigenvalue weighted by molar-refractivity contribution is 7.52. The fraction of sp³-hybridized carbons (Fsp3) is 0.500. The largest absolute Gasteiger partial charge is 0.399 e. The molecular formula is C32H35F2N4O6PS. The molecule has 3 amide bonds. The highest BCUT2D eigenvalue weighted by Crippen LogP contribution is 2.59. The zero-order valence-electron chi connectivity index (χ0n) is 24.9. The van der Waals surface area contributed by atoms with Crippen molar-refractivity contribution in [1.29, 1.82) is 0 Å². The Balaban J connectivity index is 1.11. The molecule has 1 aliphatic carbocycles. The van der Waals surface area contributed by atoms with E-state index in [-0.39, 0.29) is 40.0 Å². The molecular weight excluding hydrogens is 637 g/mol. The second-order valence-electron chi connectivity index (χ2n) is 13.1. The predicted molar refractivity (Wildman–Crippen MR) is 166 cm³/mol. The molecule has 1 aromatic carbocycles. The standard InChI is InChI=1S/C32H35F2N4O6PS/c33-32(34,45(42,43)44)22-8-11-26-20(13-22)14-27(46-26)29(39)36-28-24(18-6-7-18)5-1-4-23-9-10-25(38(23)31(28)41)30(40)37-16-21(17-37)19-3-2-12-35-15-19/h2-3,8,11-15,18,21,23-25,28H,1,4-7,9-10,16-17H2,(H,36,39)(H2,42,43,44)/t23-,24-,25-,28-/m0/s1. The lowest BCUT2D eigenvalue weighted by molar-refractivity contribution is -0.150. The second-order valence-corrected chi connectivity index (χ2v) is 15.8. The number of nitrogens with zero attached hydrogens (tertiary/aromatic N) is 3. The van der Waals surface area contributed by atoms with Gasteiger partial charge in [-0.25, -0.2) is 0 Å². The van der Waals surface area contributed by atoms with Crippen LogP contribution < -0.4 is 5.32 Å². The maximum atomic E-state index is 14.4. The summed E-state index contributed by atoms with van der Waals surface area (Å²) < 4.78 is 40.6. The number of nitrogens with one attached hydrogen (secondary N) is 1. The van der Waals surface area contributed by atoms with Crippen LogP contribution in [0.5, 0.6) is 0 Å². The predicted octanol–water partition coefficient (Wildman–Crippen LogP) is 4.82. The van der Waals surface area contributed by atoms with Gasteiger partial charge in [-0.15, -0.1) is 11.3 Å². The van der Waals surface area contributed by atoms with Crippen LogP contribution in [0.1, 0.15) is 71.7 Å². The van der Waals surface area contributed by atoms with Crippen molar-refractivity contribution in [3.05, 3.63) is 64.8 Å². The Kier molecular flexibility index (Phi) is 8.02. The number of hydrogen-bond donors (Lipinski definition) is 3. The van der Waals surface area contributed by atoms with E-state index in [0.29, 0.717) is 30.1 Å². The molecule has 5 heterocycles. The van der Waals surface area contributed by atoms with Crippen molar-refractivity contribution in [3.8, 4) is 0 Å². The third kappa shape index (κ3) is 5.65. The van der Waals surface area contributed by atoms with Gasteiger partial charge in [0.2, 0.25) is 11.8 Å². The number of pyridine rings is 1. The number of fused-ring (bicyclic) bond motifs is 2. The summed E-state index contributed by atoms with van der Waals surface area (Å²) in [5, 5.41) is 3.23. The second kappa shape index (κ2) is 11.8. The van der Waals surface area contributed by atoms with E-state index < -0.39 is 36.8 Å². The lowest BCUT2D eigenvalue weighted by Crippen LogP contribution is -2.61. The molecule has 14 heteroatoms. The maximum absolute atomic E-state index is 14.4. The molecule has 3 N–H and O–H groups in total. The first-order chi connectivity index (χ1) is 21.9. The van der Waals surface area contributed by atoms with Crippen LogP contribution >= 0.6 is 18.9 Å². The van der Waals surface area contributed by atoms with Crippen molar-refractivity contribution in [2.45, 2.75) is 74.7 Å². The van der Waals surface area contributed by atoms with E-state index in [2.05, 4.69) is 10.3 Å². The Bertz CT molecular complexity index is 1720. The first-order valence-corrected chi connectivity index (χ1v) is 18.1. The van der Waals surface area contributed by atoms with Crippen molar-refractivity contribution in [2.24, 2.45) is 11.8 Å². The van der Waals surface area contributed by atoms with E-state index in [0.717, 1.165) is 67.6 Å². The highest BCUT2D eigenvalue weighted by Gasteiger charge is 2.52. The average molecular weight is 673 g/mol. The van der Waals surface area contributed by atoms with Gasteiger partial charge in [-0.2, -0.15) is 8.78 Å². The molecule has 4 aliphatic rings. The van der Waals surface area contributed by atoms with Gasteiger partial charge in [-0.3, -0.25) is 23.9 Å². The first kappa shape index (κ1) is 31.4. The Morgan fingerprint density at radius 1 is 1.04 bits per heavy atom. The third-order valence-electron chi connectivity index (χ3n) is 10.1. The molecule has 0 bridgehead atoms. The van der Waals surface area contributed by atoms with Gasteiger partial charge in [0.15, 0.2) is 0 Å². The van der Waals surface area contributed by atoms with E-state index in [1.54, 1.807) is 11.1 Å². The molecule has 0 spiro atoms. The lowest BCUT2D eigenvalue weighted by Gasteiger charge is -2.44. The van der Waals surface area contributed by atoms with Gasteiger partial charge in [0.1, 0.15) is 12.1 Å². The first-order valence-electron chi connectivity index (χ1n) is 15.7. The summed E-state index contributed by atoms with van der Waals surface area (Å²) in [6.07, 6.45) is 9.28. The Hall–Kier alpha value is -3.25. The van der Waals surface area contributed by atoms with E-state index in [4.69, 9.17) is 9.79 Å². The number of carbonyl (C=O) groups excluding carboxylic acids is 3. The fourth-order valence-electron chi connectivity index (χ4n) is 7.46. The van der Waals surface area contributed by atoms with Gasteiger partial charge in [0.05, 0.1) is 4.88 Å². The van der Waals surface area contributed by atoms with E-state index in [1.807, 2.05) is 23.2 Å². The molecule has 4 fully saturated rings. The highest BCUT2D eigenvalue weighted by atomic mass is 32.1. The number of alkyl halides is 2. The van der Waals surface area contributed by atoms with E-state index in [9.17, 15) is 27.7 Å². The normalized spacial score (nSPS) is 26.0. The number of rotatable bonds is 7. The van der Waals surface area contributed by atoms with Crippen molar-refractivity contribution in [3.63, 3.8) is 0 Å². The van der Waals surface area contributed by atoms with Crippen LogP contribution in [0.25, 0.3) is 10.1 Å². The Morgan fingerprint density at radius 3 is 2.52 bits per heavy atom. The summed E-state index contributed by atoms with van der Waals surface area (Å²) in [5.41, 5.74) is -4.13. The minimum Gasteiger partial charge on any atom is -0.340 e. The molecule has 10 nitrogen and oxygen atoms in total. The van der Waals surface area contributed by atoms with Crippen molar-refractivity contribution in [2.75, 3.05) is 13.1 Å². The molecule has 1 saturated carbocycles. The molecule has 2 aromatic heterocycles. The molecule has 0 unspecified atom stereocenters. The van der Waals surface area contributed by atoms with Gasteiger partial charge in [0.25, 0.3) is 5.91 Å². The zero-order chi connectivity index (χ0) is 32.4. The average Bonchev–Trinajstić information content (AvgIpc) is 3.60. The SMILES string of the molecule is O=C(N[C@@H]1C(=O)N2[C@@H](CCC[C@H]1C1CC1)CC[C@H]2C(=O)N1CC(c2cccnc2)C1)c1cc2cc(C(F)(F)P(=O)(O)O)ccc2s1. The number of benzene rings is 1. The number of hydrogen-bond acceptors (Lipinski definition) is 6. The van der Waals surface area contributed by atoms with Gasteiger partial charge in [0, 0.05) is 47.7 Å². The zero-order valence-corrected chi connectivity index (χ0v) is 26.6. The molecule has 0 radical (unpaired) electrons. The van der Waals surface area contributed by atoms with Crippen molar-refractivity contribution in [1.82, 2.24) is 20.1 Å². The van der Waals surface area contributed by atoms with Gasteiger partial charge < -0.3 is 24.9 Å². The number of halogens is 2. The number of carbonyl (C=O) groups is 3. The van der Waals surface area contributed by atoms with Crippen LogP contribution in [-0.4, -0.2) is 73.5 Å². The van der Waals surface area contributed by atoms with Gasteiger partial charge in [-0.05, 0) is 85.6 Å². The van der Waals surface area contributed by atoms with Gasteiger partial charge in [-0.1, -0.05) is 18.6 Å². The minimum atomic E-state index is -5.75. The smallest absolute Gasteiger partial charge is 0.340 e. The van der Waals surface area contributed by atoms with Crippen LogP contribution in [-0.2, 0) is 19.8 Å². The summed E-state index contributed by atoms with van der Waals surface area (Å²) in [7, 11) is -5.75. The van der Waals surface area contributed by atoms with Crippen LogP contribution in [0.4, 0.5) is 8.78 Å². The van der Waals surface area contributed by atoms with Crippen LogP contribution in [0.3, 0.4) is 0 Å². The summed E-state index contributed by atoms with van der Waals surface area (Å²) in [6, 6.07) is 7.05. The maximum Gasteiger partial charge on any atom is 0.399 e. The number of aromatic nitrogens is 1. The summed E-state index contributed by atoms with van der Waals surface area (Å²) in [5.74, 6) is -0.371. The number of likely N-dealkylation sites (tertiary alicyclic amines) is 1. The Labute approximate surface area is 268 Å². The number of thiophene rings is 1. The third-order valence-corrected chi connectivity index (χ3v) is 12.2. The monoisotopic (exact) mass is 672 g/mol. The lowest BCUT2D eigenvalue weighted by atomic mass is 9.85. The molecule has 46 heavy (non-hydrogen) atoms. The molecule has 3 aromatic rings. The Morgan fingerprint density at radius 2 is 1.83 bits per heavy atom. The molecule has 4 atom stereocenters. The summed E-state index contributed by atoms with van der Waals surface area (Å²) >= 11 is 1.05. The quantitative estimate of drug-likeness (QED) is 0.306. The topological polar surface area (TPSA) is 140 Å². The van der Waals surface area contributed by atoms with Crippen LogP contribution in [0, 0.1) is 11.8 Å². The van der Waals surface area contributed by atoms with Crippen LogP contribution in [0.15, 0.2) is 48.8 Å². The summed E-state index contributed by atoms with van der Waals surface area (Å²) in [4.78, 5) is 68.1. The van der Waals surface area contributed by atoms with Crippen LogP contribution in [0.2, 0.25) is 0 Å². The molecule has 3 aliphatic heterocycles. The molecule has 244 valence electrons. The molecule has 3 saturated heterocycles. The summed E-state index contributed by atoms with van der Waals surface area (Å²) in [6.45, 7) is 1.15. The van der Waals surface area contributed by atoms with Gasteiger partial charge >= 0.3 is 13.3 Å². The fourth-order valence-corrected chi connectivity index (χ4v) is 8.89. The van der Waals surface area contributed by atoms with Crippen molar-refractivity contribution < 1.29 is 37.5 Å². The molecule has 7 rings (SSSR count). The van der Waals surface area contributed by atoms with E-state index in [1.165, 1.54) is 12.1 Å². The number of amides is 3. The minimum absolute atomic E-state index is 0.0583.